The molecule has 0 saturated heterocycles. The second kappa shape index (κ2) is 2.58. The molecule has 0 unspecified atom stereocenters. The van der Waals surface area contributed by atoms with Gasteiger partial charge in [-0.1, -0.05) is 22.4 Å². The Hall–Kier alpha value is 0.150. The summed E-state index contributed by atoms with van der Waals surface area (Å²) in [5.41, 5.74) is 0. The Kier molecular flexibility index (Phi) is 1.82. The van der Waals surface area contributed by atoms with Gasteiger partial charge in [-0.15, -0.1) is 0 Å². The number of alkyl halides is 1. The monoisotopic (exact) mass is 216 g/mol. The summed E-state index contributed by atoms with van der Waals surface area (Å²) in [5.74, 6) is 1.17. The molecule has 0 aromatic rings. The Morgan fingerprint density at radius 2 is 2.36 bits per heavy atom. The number of Topliss-reactive ketones (excluding diaryl/α,β-unsaturated/α-hetero) is 1. The minimum atomic E-state index is 0.214. The predicted molar refractivity (Wildman–Crippen MR) is 47.9 cm³/mol. The molecular formula is C9H13BrO. The first kappa shape index (κ1) is 7.78. The molecule has 2 fully saturated rings. The third-order valence-corrected chi connectivity index (χ3v) is 3.92. The van der Waals surface area contributed by atoms with Crippen LogP contribution in [0.15, 0.2) is 0 Å². The fourth-order valence-corrected chi connectivity index (χ4v) is 3.56. The van der Waals surface area contributed by atoms with Crippen LogP contribution in [-0.2, 0) is 4.79 Å². The first-order valence-electron chi connectivity index (χ1n) is 4.39. The third-order valence-electron chi connectivity index (χ3n) is 2.92. The molecule has 2 aliphatic carbocycles. The zero-order chi connectivity index (χ0) is 7.90. The van der Waals surface area contributed by atoms with E-state index in [-0.39, 0.29) is 4.32 Å². The summed E-state index contributed by atoms with van der Waals surface area (Å²) >= 11 is 3.71. The lowest BCUT2D eigenvalue weighted by atomic mass is 9.72. The van der Waals surface area contributed by atoms with Crippen LogP contribution in [0.5, 0.6) is 0 Å². The first-order valence-corrected chi connectivity index (χ1v) is 5.18. The molecule has 2 aliphatic rings. The summed E-state index contributed by atoms with van der Waals surface area (Å²) in [6, 6.07) is 0. The molecule has 0 heterocycles. The summed E-state index contributed by atoms with van der Waals surface area (Å²) in [6.07, 6.45) is 6.66. The molecule has 62 valence electrons. The van der Waals surface area contributed by atoms with E-state index in [9.17, 15) is 4.79 Å². The van der Waals surface area contributed by atoms with E-state index in [4.69, 9.17) is 0 Å². The minimum absolute atomic E-state index is 0.214. The maximum atomic E-state index is 11.3. The van der Waals surface area contributed by atoms with Gasteiger partial charge in [-0.2, -0.15) is 0 Å². The van der Waals surface area contributed by atoms with Crippen LogP contribution in [-0.4, -0.2) is 10.1 Å². The number of halogens is 1. The zero-order valence-corrected chi connectivity index (χ0v) is 8.19. The van der Waals surface area contributed by atoms with Gasteiger partial charge >= 0.3 is 0 Å². The zero-order valence-electron chi connectivity index (χ0n) is 6.61. The Labute approximate surface area is 75.7 Å². The lowest BCUT2D eigenvalue weighted by molar-refractivity contribution is -0.123. The lowest BCUT2D eigenvalue weighted by Gasteiger charge is -2.40. The van der Waals surface area contributed by atoms with Crippen molar-refractivity contribution >= 4 is 21.7 Å². The van der Waals surface area contributed by atoms with Gasteiger partial charge in [0.05, 0.1) is 0 Å². The number of hydrogen-bond donors (Lipinski definition) is 0. The highest BCUT2D eigenvalue weighted by atomic mass is 79.9. The number of rotatable bonds is 0. The van der Waals surface area contributed by atoms with Crippen molar-refractivity contribution in [1.82, 2.24) is 0 Å². The van der Waals surface area contributed by atoms with E-state index in [0.29, 0.717) is 11.7 Å². The van der Waals surface area contributed by atoms with Crippen molar-refractivity contribution in [3.8, 4) is 0 Å². The van der Waals surface area contributed by atoms with Crippen molar-refractivity contribution in [2.75, 3.05) is 0 Å². The Morgan fingerprint density at radius 3 is 3.09 bits per heavy atom. The van der Waals surface area contributed by atoms with E-state index in [0.717, 1.165) is 12.8 Å². The largest absolute Gasteiger partial charge is 0.300 e. The molecule has 0 N–H and O–H groups in total. The van der Waals surface area contributed by atoms with E-state index in [2.05, 4.69) is 15.9 Å². The topological polar surface area (TPSA) is 17.1 Å². The fourth-order valence-electron chi connectivity index (χ4n) is 2.51. The van der Waals surface area contributed by atoms with E-state index in [1.165, 1.54) is 25.7 Å². The number of carbonyl (C=O) groups is 1. The quantitative estimate of drug-likeness (QED) is 0.570. The maximum Gasteiger partial charge on any atom is 0.134 e. The molecule has 0 radical (unpaired) electrons. The van der Waals surface area contributed by atoms with Gasteiger partial charge in [-0.25, -0.2) is 0 Å². The van der Waals surface area contributed by atoms with Gasteiger partial charge in [-0.3, -0.25) is 4.79 Å². The molecule has 2 heteroatoms. The number of hydrogen-bond acceptors (Lipinski definition) is 1. The first-order chi connectivity index (χ1) is 5.18. The van der Waals surface area contributed by atoms with Gasteiger partial charge in [0.25, 0.3) is 0 Å². The highest BCUT2D eigenvalue weighted by Crippen LogP contribution is 2.46. The molecule has 0 amide bonds. The SMILES string of the molecule is O=C1C[C@@H]2CCC[C@](Br)(C1)C2. The predicted octanol–water partition coefficient (Wildman–Crippen LogP) is 2.67. The van der Waals surface area contributed by atoms with Crippen molar-refractivity contribution < 1.29 is 4.79 Å². The lowest BCUT2D eigenvalue weighted by Crippen LogP contribution is -2.37. The second-order valence-corrected chi connectivity index (χ2v) is 5.72. The van der Waals surface area contributed by atoms with Crippen molar-refractivity contribution in [2.24, 2.45) is 5.92 Å². The fraction of sp³-hybridized carbons (Fsp3) is 0.889. The van der Waals surface area contributed by atoms with Crippen LogP contribution in [0.3, 0.4) is 0 Å². The highest BCUT2D eigenvalue weighted by molar-refractivity contribution is 9.10. The average molecular weight is 217 g/mol. The van der Waals surface area contributed by atoms with Gasteiger partial charge in [0, 0.05) is 17.2 Å². The van der Waals surface area contributed by atoms with Crippen molar-refractivity contribution in [1.29, 1.82) is 0 Å². The summed E-state index contributed by atoms with van der Waals surface area (Å²) in [7, 11) is 0. The van der Waals surface area contributed by atoms with Crippen molar-refractivity contribution in [3.63, 3.8) is 0 Å². The van der Waals surface area contributed by atoms with E-state index < -0.39 is 0 Å². The van der Waals surface area contributed by atoms with Gasteiger partial charge in [-0.05, 0) is 25.2 Å². The number of fused-ring (bicyclic) bond motifs is 2. The second-order valence-electron chi connectivity index (χ2n) is 4.03. The normalized spacial score (nSPS) is 44.1. The number of ketones is 1. The molecule has 1 nitrogen and oxygen atoms in total. The molecule has 2 bridgehead atoms. The van der Waals surface area contributed by atoms with Crippen LogP contribution < -0.4 is 0 Å². The molecule has 0 aromatic heterocycles. The molecule has 2 atom stereocenters. The Morgan fingerprint density at radius 1 is 1.55 bits per heavy atom. The Bertz CT molecular complexity index is 190. The minimum Gasteiger partial charge on any atom is -0.300 e. The summed E-state index contributed by atoms with van der Waals surface area (Å²) in [6.45, 7) is 0. The van der Waals surface area contributed by atoms with Crippen LogP contribution in [0.1, 0.15) is 38.5 Å². The molecule has 0 aromatic carbocycles. The van der Waals surface area contributed by atoms with Gasteiger partial charge in [0.1, 0.15) is 5.78 Å². The van der Waals surface area contributed by atoms with Crippen LogP contribution in [0, 0.1) is 5.92 Å². The summed E-state index contributed by atoms with van der Waals surface area (Å²) in [5, 5.41) is 0. The summed E-state index contributed by atoms with van der Waals surface area (Å²) in [4.78, 5) is 11.3. The van der Waals surface area contributed by atoms with E-state index in [1.807, 2.05) is 0 Å². The van der Waals surface area contributed by atoms with Crippen LogP contribution >= 0.6 is 15.9 Å². The third kappa shape index (κ3) is 1.51. The number of carbonyl (C=O) groups excluding carboxylic acids is 1. The molecule has 2 saturated carbocycles. The average Bonchev–Trinajstić information content (AvgIpc) is 1.82. The summed E-state index contributed by atoms with van der Waals surface area (Å²) < 4.78 is 0.214. The van der Waals surface area contributed by atoms with Crippen molar-refractivity contribution in [3.05, 3.63) is 0 Å². The standard InChI is InChI=1S/C9H13BrO/c10-9-3-1-2-7(5-9)4-8(11)6-9/h7H,1-6H2/t7-,9+/m0/s1. The van der Waals surface area contributed by atoms with E-state index in [1.54, 1.807) is 0 Å². The van der Waals surface area contributed by atoms with Gasteiger partial charge in [0.15, 0.2) is 0 Å². The van der Waals surface area contributed by atoms with Crippen LogP contribution in [0.2, 0.25) is 0 Å². The van der Waals surface area contributed by atoms with Gasteiger partial charge in [0.2, 0.25) is 0 Å². The van der Waals surface area contributed by atoms with Crippen molar-refractivity contribution in [2.45, 2.75) is 42.8 Å². The molecule has 2 rings (SSSR count). The van der Waals surface area contributed by atoms with E-state index >= 15 is 0 Å². The highest BCUT2D eigenvalue weighted by Gasteiger charge is 2.40. The molecular weight excluding hydrogens is 204 g/mol. The maximum absolute atomic E-state index is 11.3. The molecule has 0 aliphatic heterocycles. The van der Waals surface area contributed by atoms with Crippen LogP contribution in [0.4, 0.5) is 0 Å². The molecule has 0 spiro atoms. The van der Waals surface area contributed by atoms with Crippen LogP contribution in [0.25, 0.3) is 0 Å². The smallest absolute Gasteiger partial charge is 0.134 e. The molecule has 11 heavy (non-hydrogen) atoms. The Balaban J connectivity index is 2.15. The van der Waals surface area contributed by atoms with Gasteiger partial charge < -0.3 is 0 Å².